The van der Waals surface area contributed by atoms with Gasteiger partial charge < -0.3 is 10.1 Å². The Labute approximate surface area is 101 Å². The van der Waals surface area contributed by atoms with Crippen LogP contribution in [0.15, 0.2) is 12.2 Å². The average Bonchev–Trinajstić information content (AvgIpc) is 2.66. The van der Waals surface area contributed by atoms with Crippen LogP contribution in [0.3, 0.4) is 0 Å². The Hall–Kier alpha value is -0.940. The van der Waals surface area contributed by atoms with Gasteiger partial charge in [0.05, 0.1) is 6.61 Å². The highest BCUT2D eigenvalue weighted by atomic mass is 32.1. The van der Waals surface area contributed by atoms with E-state index in [-0.39, 0.29) is 0 Å². The fourth-order valence-corrected chi connectivity index (χ4v) is 1.73. The molecular formula is C11H19N3OS. The Morgan fingerprint density at radius 1 is 1.50 bits per heavy atom. The van der Waals surface area contributed by atoms with E-state index in [2.05, 4.69) is 29.0 Å². The molecule has 0 atom stereocenters. The fraction of sp³-hybridized carbons (Fsp3) is 0.636. The summed E-state index contributed by atoms with van der Waals surface area (Å²) < 4.78 is 5.46. The van der Waals surface area contributed by atoms with Gasteiger partial charge in [0.15, 0.2) is 0 Å². The van der Waals surface area contributed by atoms with Crippen LogP contribution in [-0.4, -0.2) is 23.3 Å². The molecule has 0 bridgehead atoms. The monoisotopic (exact) mass is 241 g/mol. The third kappa shape index (κ3) is 5.23. The minimum Gasteiger partial charge on any atom is -0.469 e. The van der Waals surface area contributed by atoms with Crippen LogP contribution in [0.25, 0.3) is 0 Å². The van der Waals surface area contributed by atoms with Crippen molar-refractivity contribution in [2.75, 3.05) is 13.2 Å². The minimum absolute atomic E-state index is 0.631. The first-order valence-electron chi connectivity index (χ1n) is 5.52. The Kier molecular flexibility index (Phi) is 6.03. The van der Waals surface area contributed by atoms with Crippen molar-refractivity contribution in [3.8, 4) is 5.19 Å². The third-order valence-electron chi connectivity index (χ3n) is 1.91. The number of hydrogen-bond donors (Lipinski definition) is 1. The maximum absolute atomic E-state index is 5.46. The number of nitrogens with one attached hydrogen (secondary N) is 1. The number of aromatic nitrogens is 2. The molecule has 1 aromatic heterocycles. The fourth-order valence-electron chi connectivity index (χ4n) is 1.05. The van der Waals surface area contributed by atoms with Crippen molar-refractivity contribution in [2.45, 2.75) is 33.2 Å². The van der Waals surface area contributed by atoms with Gasteiger partial charge in [0.25, 0.3) is 5.19 Å². The van der Waals surface area contributed by atoms with Crippen LogP contribution in [-0.2, 0) is 6.54 Å². The first-order chi connectivity index (χ1) is 7.72. The molecule has 16 heavy (non-hydrogen) atoms. The van der Waals surface area contributed by atoms with Gasteiger partial charge in [-0.25, -0.2) is 0 Å². The first-order valence-corrected chi connectivity index (χ1v) is 6.34. The van der Waals surface area contributed by atoms with Crippen LogP contribution in [0.2, 0.25) is 0 Å². The van der Waals surface area contributed by atoms with Crippen LogP contribution in [0.1, 0.15) is 31.7 Å². The molecule has 1 N–H and O–H groups in total. The van der Waals surface area contributed by atoms with E-state index in [0.29, 0.717) is 11.8 Å². The van der Waals surface area contributed by atoms with Crippen LogP contribution in [0.4, 0.5) is 0 Å². The van der Waals surface area contributed by atoms with Gasteiger partial charge in [0, 0.05) is 13.0 Å². The van der Waals surface area contributed by atoms with E-state index in [1.54, 1.807) is 0 Å². The van der Waals surface area contributed by atoms with Crippen molar-refractivity contribution in [2.24, 2.45) is 0 Å². The Morgan fingerprint density at radius 2 is 2.31 bits per heavy atom. The second-order valence-electron chi connectivity index (χ2n) is 3.69. The number of rotatable bonds is 8. The van der Waals surface area contributed by atoms with Crippen molar-refractivity contribution in [1.82, 2.24) is 15.5 Å². The molecule has 0 unspecified atom stereocenters. The van der Waals surface area contributed by atoms with Gasteiger partial charge in [-0.3, -0.25) is 0 Å². The summed E-state index contributed by atoms with van der Waals surface area (Å²) in [6.45, 7) is 10.4. The summed E-state index contributed by atoms with van der Waals surface area (Å²) in [5.41, 5.74) is 1.12. The van der Waals surface area contributed by atoms with E-state index >= 15 is 0 Å². The number of ether oxygens (including phenoxy) is 1. The predicted molar refractivity (Wildman–Crippen MR) is 66.8 cm³/mol. The molecule has 1 aromatic rings. The van der Waals surface area contributed by atoms with Gasteiger partial charge in [-0.2, -0.15) is 0 Å². The molecule has 0 saturated carbocycles. The van der Waals surface area contributed by atoms with E-state index in [0.717, 1.165) is 36.5 Å². The highest BCUT2D eigenvalue weighted by molar-refractivity contribution is 7.13. The summed E-state index contributed by atoms with van der Waals surface area (Å²) in [6.07, 6.45) is 1.99. The Balaban J connectivity index is 2.25. The summed E-state index contributed by atoms with van der Waals surface area (Å²) in [6, 6.07) is 0. The van der Waals surface area contributed by atoms with E-state index in [1.807, 2.05) is 6.92 Å². The summed E-state index contributed by atoms with van der Waals surface area (Å²) in [5, 5.41) is 12.9. The lowest BCUT2D eigenvalue weighted by atomic mass is 10.3. The van der Waals surface area contributed by atoms with Crippen LogP contribution in [0.5, 0.6) is 5.19 Å². The van der Waals surface area contributed by atoms with Crippen LogP contribution >= 0.6 is 11.3 Å². The SMILES string of the molecule is C=C(C)CCOc1nnc(CNCCC)s1. The largest absolute Gasteiger partial charge is 0.469 e. The van der Waals surface area contributed by atoms with Crippen LogP contribution < -0.4 is 10.1 Å². The molecule has 0 fully saturated rings. The lowest BCUT2D eigenvalue weighted by molar-refractivity contribution is 0.317. The third-order valence-corrected chi connectivity index (χ3v) is 2.74. The van der Waals surface area contributed by atoms with Gasteiger partial charge in [-0.1, -0.05) is 23.8 Å². The molecule has 1 heterocycles. The maximum atomic E-state index is 5.46. The lowest BCUT2D eigenvalue weighted by Gasteiger charge is -2.00. The zero-order valence-corrected chi connectivity index (χ0v) is 10.8. The van der Waals surface area contributed by atoms with Gasteiger partial charge in [0.2, 0.25) is 0 Å². The second kappa shape index (κ2) is 7.35. The van der Waals surface area contributed by atoms with Crippen molar-refractivity contribution in [1.29, 1.82) is 0 Å². The van der Waals surface area contributed by atoms with E-state index in [4.69, 9.17) is 4.74 Å². The molecule has 4 nitrogen and oxygen atoms in total. The molecule has 0 saturated heterocycles. The molecular weight excluding hydrogens is 222 g/mol. The molecule has 0 aliphatic heterocycles. The summed E-state index contributed by atoms with van der Waals surface area (Å²) >= 11 is 1.50. The minimum atomic E-state index is 0.631. The normalized spacial score (nSPS) is 10.4. The molecule has 0 radical (unpaired) electrons. The van der Waals surface area contributed by atoms with Gasteiger partial charge in [-0.15, -0.1) is 16.8 Å². The van der Waals surface area contributed by atoms with Gasteiger partial charge in [0.1, 0.15) is 5.01 Å². The van der Waals surface area contributed by atoms with Crippen molar-refractivity contribution >= 4 is 11.3 Å². The Morgan fingerprint density at radius 3 is 3.00 bits per heavy atom. The average molecular weight is 241 g/mol. The van der Waals surface area contributed by atoms with Gasteiger partial charge in [-0.05, 0) is 19.9 Å². The zero-order valence-electron chi connectivity index (χ0n) is 9.95. The first kappa shape index (κ1) is 13.1. The summed E-state index contributed by atoms with van der Waals surface area (Å²) in [4.78, 5) is 0. The van der Waals surface area contributed by atoms with Gasteiger partial charge >= 0.3 is 0 Å². The zero-order chi connectivity index (χ0) is 11.8. The van der Waals surface area contributed by atoms with E-state index in [9.17, 15) is 0 Å². The Bertz CT molecular complexity index is 325. The number of hydrogen-bond acceptors (Lipinski definition) is 5. The summed E-state index contributed by atoms with van der Waals surface area (Å²) in [7, 11) is 0. The number of nitrogens with zero attached hydrogens (tertiary/aromatic N) is 2. The lowest BCUT2D eigenvalue weighted by Crippen LogP contribution is -2.13. The smallest absolute Gasteiger partial charge is 0.294 e. The molecule has 0 aliphatic rings. The second-order valence-corrected chi connectivity index (χ2v) is 4.72. The van der Waals surface area contributed by atoms with Crippen molar-refractivity contribution < 1.29 is 4.74 Å². The van der Waals surface area contributed by atoms with Crippen molar-refractivity contribution in [3.63, 3.8) is 0 Å². The molecule has 1 rings (SSSR count). The summed E-state index contributed by atoms with van der Waals surface area (Å²) in [5.74, 6) is 0. The van der Waals surface area contributed by atoms with E-state index in [1.165, 1.54) is 11.3 Å². The maximum Gasteiger partial charge on any atom is 0.294 e. The standard InChI is InChI=1S/C11H19N3OS/c1-4-6-12-8-10-13-14-11(16-10)15-7-5-9(2)3/h12H,2,4-8H2,1,3H3. The predicted octanol–water partition coefficient (Wildman–Crippen LogP) is 2.38. The molecule has 90 valence electrons. The molecule has 5 heteroatoms. The van der Waals surface area contributed by atoms with E-state index < -0.39 is 0 Å². The molecule has 0 spiro atoms. The molecule has 0 aromatic carbocycles. The topological polar surface area (TPSA) is 47.0 Å². The quantitative estimate of drug-likeness (QED) is 0.561. The molecule has 0 amide bonds. The van der Waals surface area contributed by atoms with Crippen LogP contribution in [0, 0.1) is 0 Å². The molecule has 0 aliphatic carbocycles. The van der Waals surface area contributed by atoms with Crippen molar-refractivity contribution in [3.05, 3.63) is 17.2 Å². The highest BCUT2D eigenvalue weighted by Crippen LogP contribution is 2.17. The highest BCUT2D eigenvalue weighted by Gasteiger charge is 2.04.